The predicted octanol–water partition coefficient (Wildman–Crippen LogP) is 14.1. The first kappa shape index (κ1) is 57.0. The highest BCUT2D eigenvalue weighted by Gasteiger charge is 2.42. The molecule has 4 aromatic rings. The molecule has 11 heteroatoms. The molecule has 0 aromatic heterocycles. The van der Waals surface area contributed by atoms with Crippen molar-refractivity contribution < 1.29 is 29.3 Å². The van der Waals surface area contributed by atoms with Gasteiger partial charge in [0.05, 0.1) is 11.1 Å². The van der Waals surface area contributed by atoms with Crippen molar-refractivity contribution >= 4 is 55.0 Å². The summed E-state index contributed by atoms with van der Waals surface area (Å²) >= 11 is 0. The number of carboxylic acids is 2. The molecule has 4 aromatic carbocycles. The number of nitrogens with one attached hydrogen (secondary N) is 2. The Kier molecular flexibility index (Phi) is 21.8. The van der Waals surface area contributed by atoms with Crippen LogP contribution in [0.3, 0.4) is 0 Å². The van der Waals surface area contributed by atoms with E-state index >= 15 is 0 Å². The van der Waals surface area contributed by atoms with E-state index in [0.717, 1.165) is 62.0 Å². The highest BCUT2D eigenvalue weighted by atomic mass is 35.5. The molecule has 0 unspecified atom stereocenters. The van der Waals surface area contributed by atoms with Crippen LogP contribution in [0.15, 0.2) is 120 Å². The fraction of sp³-hybridized carbons (Fsp3) is 0.483. The van der Waals surface area contributed by atoms with Gasteiger partial charge in [-0.15, -0.1) is 24.8 Å². The summed E-state index contributed by atoms with van der Waals surface area (Å²) in [4.78, 5) is 37.6. The van der Waals surface area contributed by atoms with Crippen molar-refractivity contribution in [1.29, 1.82) is 0 Å². The van der Waals surface area contributed by atoms with Gasteiger partial charge >= 0.3 is 18.0 Å². The molecule has 4 aliphatic rings. The van der Waals surface area contributed by atoms with Gasteiger partial charge in [0.2, 0.25) is 0 Å². The zero-order valence-corrected chi connectivity index (χ0v) is 44.2. The molecule has 4 aliphatic carbocycles. The highest BCUT2D eigenvalue weighted by molar-refractivity contribution is 5.88. The largest absolute Gasteiger partial charge is 0.478 e. The summed E-state index contributed by atoms with van der Waals surface area (Å²) < 4.78 is 5.75. The van der Waals surface area contributed by atoms with E-state index in [1.807, 2.05) is 39.0 Å². The monoisotopic (exact) mass is 1010 g/mol. The lowest BCUT2D eigenvalue weighted by molar-refractivity contribution is 0.00874. The lowest BCUT2D eigenvalue weighted by Gasteiger charge is -2.38. The summed E-state index contributed by atoms with van der Waals surface area (Å²) in [5, 5.41) is 26.4. The Balaban J connectivity index is 0.000000262. The van der Waals surface area contributed by atoms with Crippen LogP contribution in [-0.4, -0.2) is 69.0 Å². The minimum atomic E-state index is -0.967. The summed E-state index contributed by atoms with van der Waals surface area (Å²) in [5.74, 6) is 0.287. The van der Waals surface area contributed by atoms with Gasteiger partial charge in [-0.2, -0.15) is 0 Å². The SMILES string of the molecule is CC/C(=C\c1ccccc1)[C@@H]1C[C@H]1NC1CCC(CCc2cccc(C(=O)O)c2)CC1.CC/C(=C\c1ccccc1)[C@@H]1C[C@H]1NC1CCC(N(Cc2cccc(C(=O)O)c2)C(=O)OC(C)(C)C)CC1.Cl.Cl. The van der Waals surface area contributed by atoms with Crippen LogP contribution in [-0.2, 0) is 17.7 Å². The number of aromatic carboxylic acids is 2. The molecule has 0 bridgehead atoms. The number of rotatable bonds is 18. The molecule has 384 valence electrons. The first-order chi connectivity index (χ1) is 33.2. The third kappa shape index (κ3) is 17.7. The number of carboxylic acid groups (broad SMARTS) is 2. The van der Waals surface area contributed by atoms with Crippen LogP contribution in [0, 0.1) is 17.8 Å². The van der Waals surface area contributed by atoms with Gasteiger partial charge in [-0.05, 0) is 175 Å². The summed E-state index contributed by atoms with van der Waals surface area (Å²) in [5.41, 5.74) is 7.67. The van der Waals surface area contributed by atoms with Crippen molar-refractivity contribution in [3.8, 4) is 0 Å². The Bertz CT molecular complexity index is 2370. The molecule has 1 amide bonds. The molecule has 0 aliphatic heterocycles. The molecule has 9 nitrogen and oxygen atoms in total. The maximum absolute atomic E-state index is 13.2. The third-order valence-corrected chi connectivity index (χ3v) is 14.7. The lowest BCUT2D eigenvalue weighted by atomic mass is 9.82. The topological polar surface area (TPSA) is 128 Å². The highest BCUT2D eigenvalue weighted by Crippen LogP contribution is 2.42. The van der Waals surface area contributed by atoms with Gasteiger partial charge in [-0.3, -0.25) is 0 Å². The average molecular weight is 1010 g/mol. The molecule has 4 fully saturated rings. The molecule has 4 N–H and O–H groups in total. The van der Waals surface area contributed by atoms with Crippen molar-refractivity contribution in [2.24, 2.45) is 17.8 Å². The van der Waals surface area contributed by atoms with Crippen LogP contribution < -0.4 is 10.6 Å². The Morgan fingerprint density at radius 1 is 0.620 bits per heavy atom. The van der Waals surface area contributed by atoms with E-state index in [4.69, 9.17) is 9.84 Å². The summed E-state index contributed by atoms with van der Waals surface area (Å²) in [6.07, 6.45) is 20.1. The quantitative estimate of drug-likeness (QED) is 0.0776. The Labute approximate surface area is 436 Å². The zero-order chi connectivity index (χ0) is 48.9. The van der Waals surface area contributed by atoms with Gasteiger partial charge in [-0.1, -0.05) is 122 Å². The number of benzene rings is 4. The normalized spacial score (nSPS) is 23.9. The van der Waals surface area contributed by atoms with E-state index < -0.39 is 17.5 Å². The minimum absolute atomic E-state index is 0. The molecule has 8 rings (SSSR count). The van der Waals surface area contributed by atoms with Crippen molar-refractivity contribution in [1.82, 2.24) is 15.5 Å². The zero-order valence-electron chi connectivity index (χ0n) is 42.6. The van der Waals surface area contributed by atoms with Crippen LogP contribution in [0.25, 0.3) is 12.2 Å². The van der Waals surface area contributed by atoms with Crippen LogP contribution in [0.1, 0.15) is 161 Å². The van der Waals surface area contributed by atoms with Gasteiger partial charge in [-0.25, -0.2) is 14.4 Å². The number of carbonyl (C=O) groups excluding carboxylic acids is 1. The number of ether oxygens (including phenoxy) is 1. The molecule has 4 saturated carbocycles. The molecule has 71 heavy (non-hydrogen) atoms. The van der Waals surface area contributed by atoms with E-state index in [9.17, 15) is 19.5 Å². The Hall–Kier alpha value is -4.93. The van der Waals surface area contributed by atoms with E-state index in [-0.39, 0.29) is 42.5 Å². The van der Waals surface area contributed by atoms with E-state index in [0.29, 0.717) is 48.1 Å². The number of carbonyl (C=O) groups is 3. The summed E-state index contributed by atoms with van der Waals surface area (Å²) in [7, 11) is 0. The first-order valence-corrected chi connectivity index (χ1v) is 25.9. The molecule has 0 saturated heterocycles. The number of halogens is 2. The second-order valence-corrected chi connectivity index (χ2v) is 21.1. The molecular weight excluding hydrogens is 930 g/mol. The number of amides is 1. The smallest absolute Gasteiger partial charge is 0.410 e. The number of hydrogen-bond donors (Lipinski definition) is 4. The van der Waals surface area contributed by atoms with E-state index in [1.165, 1.54) is 61.6 Å². The van der Waals surface area contributed by atoms with Gasteiger partial charge in [0.15, 0.2) is 0 Å². The van der Waals surface area contributed by atoms with Gasteiger partial charge < -0.3 is 30.5 Å². The van der Waals surface area contributed by atoms with Gasteiger partial charge in [0, 0.05) is 36.8 Å². The number of nitrogens with zero attached hydrogens (tertiary/aromatic N) is 1. The Morgan fingerprint density at radius 3 is 1.52 bits per heavy atom. The van der Waals surface area contributed by atoms with Gasteiger partial charge in [0.25, 0.3) is 0 Å². The molecule has 0 spiro atoms. The van der Waals surface area contributed by atoms with Crippen LogP contribution >= 0.6 is 24.8 Å². The van der Waals surface area contributed by atoms with Crippen LogP contribution in [0.5, 0.6) is 0 Å². The third-order valence-electron chi connectivity index (χ3n) is 14.7. The van der Waals surface area contributed by atoms with Crippen molar-refractivity contribution in [2.75, 3.05) is 0 Å². The molecular formula is C60H79Cl2N3O6. The second kappa shape index (κ2) is 27.2. The fourth-order valence-corrected chi connectivity index (χ4v) is 10.7. The van der Waals surface area contributed by atoms with Crippen molar-refractivity contribution in [3.63, 3.8) is 0 Å². The molecule has 0 heterocycles. The van der Waals surface area contributed by atoms with E-state index in [2.05, 4.69) is 103 Å². The molecule has 0 radical (unpaired) electrons. The standard InChI is InChI=1S/C32H42N2O4.C28H35NO2.2ClH/c1-5-24(18-22-10-7-6-8-11-22)28-20-29(28)33-26-14-16-27(17-15-26)34(31(37)38-32(2,3)4)21-23-12-9-13-25(19-23)30(35)36;1-2-23(17-21-7-4-3-5-8-21)26-19-27(26)29-25-15-13-20(14-16-25)11-12-22-9-6-10-24(18-22)28(30)31;;/h6-13,18-19,26-29,33H,5,14-17,20-21H2,1-4H3,(H,35,36);3-10,17-18,20,25-27,29H,2,11-16,19H2,1H3,(H,30,31);2*1H/b24-18+;23-17+;;/t26?,27?,28-,29+;20?,25?,26-,27+;;/m00../s1. The summed E-state index contributed by atoms with van der Waals surface area (Å²) in [6, 6.07) is 37.9. The second-order valence-electron chi connectivity index (χ2n) is 21.1. The molecule has 4 atom stereocenters. The number of aryl methyl sites for hydroxylation is 1. The van der Waals surface area contributed by atoms with Crippen LogP contribution in [0.2, 0.25) is 0 Å². The first-order valence-electron chi connectivity index (χ1n) is 25.9. The average Bonchev–Trinajstić information content (AvgIpc) is 4.29. The Morgan fingerprint density at radius 2 is 1.07 bits per heavy atom. The fourth-order valence-electron chi connectivity index (χ4n) is 10.7. The van der Waals surface area contributed by atoms with Gasteiger partial charge in [0.1, 0.15) is 5.60 Å². The number of hydrogen-bond acceptors (Lipinski definition) is 6. The van der Waals surface area contributed by atoms with Crippen LogP contribution in [0.4, 0.5) is 4.79 Å². The maximum Gasteiger partial charge on any atom is 0.410 e. The predicted molar refractivity (Wildman–Crippen MR) is 293 cm³/mol. The van der Waals surface area contributed by atoms with Crippen molar-refractivity contribution in [3.05, 3.63) is 154 Å². The minimum Gasteiger partial charge on any atom is -0.478 e. The lowest BCUT2D eigenvalue weighted by Crippen LogP contribution is -2.47. The van der Waals surface area contributed by atoms with Crippen molar-refractivity contribution in [2.45, 2.75) is 167 Å². The maximum atomic E-state index is 13.2. The van der Waals surface area contributed by atoms with E-state index in [1.54, 1.807) is 34.7 Å². The summed E-state index contributed by atoms with van der Waals surface area (Å²) in [6.45, 7) is 10.5.